The third-order valence-electron chi connectivity index (χ3n) is 5.20. The molecule has 5 nitrogen and oxygen atoms in total. The average molecular weight is 419 g/mol. The van der Waals surface area contributed by atoms with Crippen LogP contribution in [-0.2, 0) is 6.42 Å². The Balaban J connectivity index is 1.35. The molecule has 0 radical (unpaired) electrons. The number of nitrogens with one attached hydrogen (secondary N) is 1. The number of thiophene rings is 1. The maximum absolute atomic E-state index is 13.8. The summed E-state index contributed by atoms with van der Waals surface area (Å²) in [5.41, 5.74) is 0. The monoisotopic (exact) mass is 418 g/mol. The fourth-order valence-corrected chi connectivity index (χ4v) is 5.38. The second-order valence-electron chi connectivity index (χ2n) is 7.03. The zero-order valence-electron chi connectivity index (χ0n) is 15.8. The van der Waals surface area contributed by atoms with Gasteiger partial charge < -0.3 is 9.88 Å². The van der Waals surface area contributed by atoms with Gasteiger partial charge in [0.1, 0.15) is 11.6 Å². The highest BCUT2D eigenvalue weighted by Crippen LogP contribution is 2.33. The summed E-state index contributed by atoms with van der Waals surface area (Å²) < 4.78 is 16.9. The van der Waals surface area contributed by atoms with Crippen molar-refractivity contribution in [3.05, 3.63) is 40.8 Å². The molecule has 2 aromatic heterocycles. The van der Waals surface area contributed by atoms with Gasteiger partial charge >= 0.3 is 0 Å². The van der Waals surface area contributed by atoms with Gasteiger partial charge in [0.05, 0.1) is 4.88 Å². The lowest BCUT2D eigenvalue weighted by Crippen LogP contribution is -2.24. The molecule has 0 aliphatic heterocycles. The van der Waals surface area contributed by atoms with Crippen molar-refractivity contribution in [2.24, 2.45) is 0 Å². The number of hydrogen-bond donors (Lipinski definition) is 1. The number of carbonyl (C=O) groups is 1. The lowest BCUT2D eigenvalue weighted by Gasteiger charge is -2.16. The number of hydrogen-bond acceptors (Lipinski definition) is 5. The lowest BCUT2D eigenvalue weighted by molar-refractivity contribution is 0.0957. The third kappa shape index (κ3) is 3.93. The van der Waals surface area contributed by atoms with Gasteiger partial charge in [-0.15, -0.1) is 21.5 Å². The number of aromatic nitrogens is 3. The minimum absolute atomic E-state index is 0.150. The number of amides is 1. The molecule has 0 unspecified atom stereocenters. The molecule has 1 aromatic carbocycles. The molecule has 3 aromatic rings. The van der Waals surface area contributed by atoms with Crippen molar-refractivity contribution in [3.63, 3.8) is 0 Å². The topological polar surface area (TPSA) is 59.8 Å². The first kappa shape index (κ1) is 19.4. The Hall–Kier alpha value is -1.93. The minimum atomic E-state index is -0.288. The molecule has 1 saturated carbocycles. The van der Waals surface area contributed by atoms with Crippen molar-refractivity contribution in [1.29, 1.82) is 0 Å². The van der Waals surface area contributed by atoms with Gasteiger partial charge in [0.15, 0.2) is 5.16 Å². The van der Waals surface area contributed by atoms with Gasteiger partial charge in [-0.1, -0.05) is 30.7 Å². The van der Waals surface area contributed by atoms with Crippen LogP contribution in [0.1, 0.15) is 53.6 Å². The predicted molar refractivity (Wildman–Crippen MR) is 112 cm³/mol. The van der Waals surface area contributed by atoms with Crippen LogP contribution in [-0.4, -0.2) is 33.5 Å². The molecule has 1 amide bonds. The molecule has 2 heterocycles. The molecule has 8 heteroatoms. The van der Waals surface area contributed by atoms with E-state index in [1.165, 1.54) is 43.1 Å². The molecule has 1 aliphatic rings. The Morgan fingerprint density at radius 3 is 2.93 bits per heavy atom. The first-order valence-corrected chi connectivity index (χ1v) is 11.7. The maximum atomic E-state index is 13.8. The largest absolute Gasteiger partial charge is 0.351 e. The second kappa shape index (κ2) is 8.61. The average Bonchev–Trinajstić information content (AvgIpc) is 3.43. The Labute approximate surface area is 171 Å². The van der Waals surface area contributed by atoms with E-state index in [0.29, 0.717) is 22.8 Å². The molecule has 4 rings (SSSR count). The smallest absolute Gasteiger partial charge is 0.261 e. The summed E-state index contributed by atoms with van der Waals surface area (Å²) in [6.45, 7) is 0.557. The summed E-state index contributed by atoms with van der Waals surface area (Å²) in [6, 6.07) is 7.06. The Morgan fingerprint density at radius 2 is 2.18 bits per heavy atom. The van der Waals surface area contributed by atoms with Crippen molar-refractivity contribution < 1.29 is 9.18 Å². The fourth-order valence-electron chi connectivity index (χ4n) is 3.82. The highest BCUT2D eigenvalue weighted by Gasteiger charge is 2.23. The van der Waals surface area contributed by atoms with Crippen LogP contribution in [0.4, 0.5) is 4.39 Å². The normalized spacial score (nSPS) is 14.8. The van der Waals surface area contributed by atoms with Gasteiger partial charge in [0.25, 0.3) is 5.91 Å². The van der Waals surface area contributed by atoms with E-state index in [9.17, 15) is 9.18 Å². The van der Waals surface area contributed by atoms with E-state index in [1.807, 2.05) is 12.3 Å². The van der Waals surface area contributed by atoms with Crippen molar-refractivity contribution >= 4 is 39.1 Å². The summed E-state index contributed by atoms with van der Waals surface area (Å²) in [5, 5.41) is 13.1. The minimum Gasteiger partial charge on any atom is -0.351 e. The van der Waals surface area contributed by atoms with Gasteiger partial charge in [-0.05, 0) is 43.7 Å². The SMILES string of the molecule is CSc1nnc(CCCNC(=O)c2cc3c(F)cccc3s2)n1C1CCCC1. The van der Waals surface area contributed by atoms with E-state index in [1.54, 1.807) is 23.9 Å². The van der Waals surface area contributed by atoms with Crippen LogP contribution in [0.25, 0.3) is 10.1 Å². The zero-order valence-corrected chi connectivity index (χ0v) is 17.4. The highest BCUT2D eigenvalue weighted by atomic mass is 32.2. The molecule has 1 N–H and O–H groups in total. The van der Waals surface area contributed by atoms with Crippen molar-refractivity contribution in [1.82, 2.24) is 20.1 Å². The van der Waals surface area contributed by atoms with Crippen LogP contribution in [0.15, 0.2) is 29.4 Å². The molecular formula is C20H23FN4OS2. The van der Waals surface area contributed by atoms with E-state index in [4.69, 9.17) is 0 Å². The number of carbonyl (C=O) groups excluding carboxylic acids is 1. The fraction of sp³-hybridized carbons (Fsp3) is 0.450. The Morgan fingerprint density at radius 1 is 1.36 bits per heavy atom. The maximum Gasteiger partial charge on any atom is 0.261 e. The van der Waals surface area contributed by atoms with Crippen LogP contribution >= 0.6 is 23.1 Å². The molecule has 0 spiro atoms. The summed E-state index contributed by atoms with van der Waals surface area (Å²) in [5.74, 6) is 0.570. The van der Waals surface area contributed by atoms with Crippen LogP contribution in [0.5, 0.6) is 0 Å². The summed E-state index contributed by atoms with van der Waals surface area (Å²) in [6.07, 6.45) is 8.53. The van der Waals surface area contributed by atoms with Crippen molar-refractivity contribution in [2.45, 2.75) is 49.7 Å². The molecule has 28 heavy (non-hydrogen) atoms. The van der Waals surface area contributed by atoms with E-state index in [2.05, 4.69) is 20.1 Å². The molecule has 148 valence electrons. The van der Waals surface area contributed by atoms with Crippen LogP contribution in [0.3, 0.4) is 0 Å². The molecule has 0 saturated heterocycles. The molecule has 0 atom stereocenters. The standard InChI is InChI=1S/C20H23FN4OS2/c1-27-20-24-23-18(25(20)13-6-2-3-7-13)10-5-11-22-19(26)17-12-14-15(21)8-4-9-16(14)28-17/h4,8-9,12-13H,2-3,5-7,10-11H2,1H3,(H,22,26). The summed E-state index contributed by atoms with van der Waals surface area (Å²) in [7, 11) is 0. The number of benzene rings is 1. The van der Waals surface area contributed by atoms with Gasteiger partial charge in [-0.2, -0.15) is 0 Å². The van der Waals surface area contributed by atoms with Gasteiger partial charge in [0.2, 0.25) is 0 Å². The number of aryl methyl sites for hydroxylation is 1. The Kier molecular flexibility index (Phi) is 5.96. The first-order chi connectivity index (χ1) is 13.7. The molecular weight excluding hydrogens is 395 g/mol. The number of rotatable bonds is 7. The lowest BCUT2D eigenvalue weighted by atomic mass is 10.2. The van der Waals surface area contributed by atoms with E-state index < -0.39 is 0 Å². The molecule has 1 fully saturated rings. The first-order valence-electron chi connectivity index (χ1n) is 9.61. The second-order valence-corrected chi connectivity index (χ2v) is 8.89. The van der Waals surface area contributed by atoms with Crippen LogP contribution in [0.2, 0.25) is 0 Å². The summed E-state index contributed by atoms with van der Waals surface area (Å²) >= 11 is 2.96. The molecule has 0 bridgehead atoms. The van der Waals surface area contributed by atoms with Crippen molar-refractivity contribution in [2.75, 3.05) is 12.8 Å². The van der Waals surface area contributed by atoms with Crippen LogP contribution in [0, 0.1) is 5.82 Å². The third-order valence-corrected chi connectivity index (χ3v) is 6.94. The summed E-state index contributed by atoms with van der Waals surface area (Å²) in [4.78, 5) is 12.9. The van der Waals surface area contributed by atoms with E-state index in [-0.39, 0.29) is 11.7 Å². The van der Waals surface area contributed by atoms with Gasteiger partial charge in [-0.25, -0.2) is 4.39 Å². The van der Waals surface area contributed by atoms with Gasteiger partial charge in [0, 0.05) is 29.1 Å². The number of nitrogens with zero attached hydrogens (tertiary/aromatic N) is 3. The Bertz CT molecular complexity index is 978. The number of fused-ring (bicyclic) bond motifs is 1. The number of thioether (sulfide) groups is 1. The quantitative estimate of drug-likeness (QED) is 0.441. The highest BCUT2D eigenvalue weighted by molar-refractivity contribution is 7.98. The van der Waals surface area contributed by atoms with E-state index in [0.717, 1.165) is 28.5 Å². The predicted octanol–water partition coefficient (Wildman–Crippen LogP) is 4.83. The van der Waals surface area contributed by atoms with Crippen LogP contribution < -0.4 is 5.32 Å². The van der Waals surface area contributed by atoms with Crippen molar-refractivity contribution in [3.8, 4) is 0 Å². The molecule has 1 aliphatic carbocycles. The van der Waals surface area contributed by atoms with Gasteiger partial charge in [-0.3, -0.25) is 4.79 Å². The number of halogens is 1. The zero-order chi connectivity index (χ0) is 19.5. The van der Waals surface area contributed by atoms with E-state index >= 15 is 0 Å².